The first-order valence-electron chi connectivity index (χ1n) is 8.26. The van der Waals surface area contributed by atoms with Crippen molar-refractivity contribution in [3.05, 3.63) is 55.8 Å². The highest BCUT2D eigenvalue weighted by molar-refractivity contribution is 7.09. The van der Waals surface area contributed by atoms with Gasteiger partial charge in [0, 0.05) is 34.5 Å². The lowest BCUT2D eigenvalue weighted by molar-refractivity contribution is -0.121. The minimum atomic E-state index is -0.411. The molecule has 0 aliphatic carbocycles. The van der Waals surface area contributed by atoms with Gasteiger partial charge in [-0.25, -0.2) is 9.78 Å². The Morgan fingerprint density at radius 1 is 1.35 bits per heavy atom. The molecule has 0 aliphatic heterocycles. The highest BCUT2D eigenvalue weighted by atomic mass is 32.1. The summed E-state index contributed by atoms with van der Waals surface area (Å²) in [5, 5.41) is 6.49. The van der Waals surface area contributed by atoms with Gasteiger partial charge in [-0.05, 0) is 38.0 Å². The number of nitrogens with one attached hydrogen (secondary N) is 1. The third-order valence-corrected chi connectivity index (χ3v) is 5.17. The summed E-state index contributed by atoms with van der Waals surface area (Å²) in [6.07, 6.45) is 0.552. The Kier molecular flexibility index (Phi) is 5.37. The fourth-order valence-corrected chi connectivity index (χ4v) is 3.49. The smallest absolute Gasteiger partial charge is 0.339 e. The maximum atomic E-state index is 12.3. The Labute approximate surface area is 154 Å². The van der Waals surface area contributed by atoms with Gasteiger partial charge in [0.2, 0.25) is 5.91 Å². The molecule has 0 bridgehead atoms. The van der Waals surface area contributed by atoms with E-state index in [0.717, 1.165) is 21.7 Å². The fraction of sp³-hybridized carbons (Fsp3) is 0.316. The van der Waals surface area contributed by atoms with E-state index in [4.69, 9.17) is 9.15 Å². The summed E-state index contributed by atoms with van der Waals surface area (Å²) in [4.78, 5) is 28.7. The number of fused-ring (bicyclic) bond motifs is 1. The van der Waals surface area contributed by atoms with Gasteiger partial charge in [-0.15, -0.1) is 11.3 Å². The SMILES string of the molecule is COc1ccc2c(C)c(CCC(=O)NCc3nc(C)cs3)c(=O)oc2c1. The molecule has 2 aromatic heterocycles. The molecule has 1 N–H and O–H groups in total. The number of benzene rings is 1. The van der Waals surface area contributed by atoms with Crippen molar-refractivity contribution in [2.45, 2.75) is 33.2 Å². The van der Waals surface area contributed by atoms with Crippen molar-refractivity contribution >= 4 is 28.2 Å². The maximum absolute atomic E-state index is 12.3. The van der Waals surface area contributed by atoms with Gasteiger partial charge in [-0.1, -0.05) is 0 Å². The molecule has 0 saturated carbocycles. The van der Waals surface area contributed by atoms with E-state index in [0.29, 0.717) is 29.9 Å². The molecule has 3 rings (SSSR count). The summed E-state index contributed by atoms with van der Waals surface area (Å²) >= 11 is 1.51. The number of ether oxygens (including phenoxy) is 1. The Hall–Kier alpha value is -2.67. The lowest BCUT2D eigenvalue weighted by Crippen LogP contribution is -2.24. The van der Waals surface area contributed by atoms with E-state index in [2.05, 4.69) is 10.3 Å². The van der Waals surface area contributed by atoms with E-state index in [1.165, 1.54) is 11.3 Å². The molecule has 0 radical (unpaired) electrons. The lowest BCUT2D eigenvalue weighted by atomic mass is 10.0. The van der Waals surface area contributed by atoms with E-state index in [1.54, 1.807) is 13.2 Å². The zero-order valence-corrected chi connectivity index (χ0v) is 15.7. The number of aromatic nitrogens is 1. The van der Waals surface area contributed by atoms with Crippen molar-refractivity contribution in [2.75, 3.05) is 7.11 Å². The standard InChI is InChI=1S/C19H20N2O4S/c1-11-10-26-18(21-11)9-20-17(22)7-6-15-12(2)14-5-4-13(24-3)8-16(14)25-19(15)23/h4-5,8,10H,6-7,9H2,1-3H3,(H,20,22). The van der Waals surface area contributed by atoms with Crippen molar-refractivity contribution in [3.8, 4) is 5.75 Å². The topological polar surface area (TPSA) is 81.4 Å². The normalized spacial score (nSPS) is 10.9. The molecule has 3 aromatic rings. The van der Waals surface area contributed by atoms with Crippen LogP contribution in [-0.2, 0) is 17.8 Å². The first-order chi connectivity index (χ1) is 12.5. The molecule has 1 aromatic carbocycles. The lowest BCUT2D eigenvalue weighted by Gasteiger charge is -2.09. The van der Waals surface area contributed by atoms with Gasteiger partial charge < -0.3 is 14.5 Å². The Bertz CT molecular complexity index is 1010. The number of rotatable bonds is 6. The van der Waals surface area contributed by atoms with Crippen LogP contribution in [0.3, 0.4) is 0 Å². The number of hydrogen-bond acceptors (Lipinski definition) is 6. The maximum Gasteiger partial charge on any atom is 0.339 e. The number of methoxy groups -OCH3 is 1. The highest BCUT2D eigenvalue weighted by Gasteiger charge is 2.14. The monoisotopic (exact) mass is 372 g/mol. The summed E-state index contributed by atoms with van der Waals surface area (Å²) in [5.74, 6) is 0.510. The van der Waals surface area contributed by atoms with Gasteiger partial charge in [-0.2, -0.15) is 0 Å². The fourth-order valence-electron chi connectivity index (χ4n) is 2.78. The zero-order valence-electron chi connectivity index (χ0n) is 14.9. The number of carbonyl (C=O) groups is 1. The number of carbonyl (C=O) groups excluding carboxylic acids is 1. The largest absolute Gasteiger partial charge is 0.497 e. The molecule has 0 saturated heterocycles. The number of nitrogens with zero attached hydrogens (tertiary/aromatic N) is 1. The van der Waals surface area contributed by atoms with E-state index in [-0.39, 0.29) is 12.3 Å². The molecule has 136 valence electrons. The van der Waals surface area contributed by atoms with E-state index in [1.807, 2.05) is 31.4 Å². The van der Waals surface area contributed by atoms with Crippen LogP contribution in [0.4, 0.5) is 0 Å². The Morgan fingerprint density at radius 3 is 2.85 bits per heavy atom. The van der Waals surface area contributed by atoms with Crippen LogP contribution < -0.4 is 15.7 Å². The molecule has 0 spiro atoms. The predicted molar refractivity (Wildman–Crippen MR) is 101 cm³/mol. The van der Waals surface area contributed by atoms with Crippen LogP contribution in [0, 0.1) is 13.8 Å². The van der Waals surface area contributed by atoms with Crippen molar-refractivity contribution in [1.82, 2.24) is 10.3 Å². The highest BCUT2D eigenvalue weighted by Crippen LogP contribution is 2.24. The number of aryl methyl sites for hydroxylation is 2. The first kappa shape index (κ1) is 18.1. The minimum absolute atomic E-state index is 0.119. The van der Waals surface area contributed by atoms with E-state index in [9.17, 15) is 9.59 Å². The number of hydrogen-bond donors (Lipinski definition) is 1. The average Bonchev–Trinajstić information content (AvgIpc) is 3.04. The third kappa shape index (κ3) is 3.94. The zero-order chi connectivity index (χ0) is 18.7. The quantitative estimate of drug-likeness (QED) is 0.672. The summed E-state index contributed by atoms with van der Waals surface area (Å²) < 4.78 is 10.6. The third-order valence-electron chi connectivity index (χ3n) is 4.20. The molecule has 0 aliphatic rings. The summed E-state index contributed by atoms with van der Waals surface area (Å²) in [6, 6.07) is 5.37. The van der Waals surface area contributed by atoms with Crippen LogP contribution in [0.1, 0.15) is 28.2 Å². The predicted octanol–water partition coefficient (Wildman–Crippen LogP) is 3.12. The van der Waals surface area contributed by atoms with Gasteiger partial charge in [0.1, 0.15) is 16.3 Å². The van der Waals surface area contributed by atoms with Crippen LogP contribution in [0.15, 0.2) is 32.8 Å². The second-order valence-corrected chi connectivity index (χ2v) is 6.96. The van der Waals surface area contributed by atoms with E-state index >= 15 is 0 Å². The van der Waals surface area contributed by atoms with Crippen molar-refractivity contribution < 1.29 is 13.9 Å². The van der Waals surface area contributed by atoms with Crippen LogP contribution in [0.25, 0.3) is 11.0 Å². The molecule has 1 amide bonds. The van der Waals surface area contributed by atoms with Gasteiger partial charge in [0.05, 0.1) is 13.7 Å². The second-order valence-electron chi connectivity index (χ2n) is 6.01. The van der Waals surface area contributed by atoms with Gasteiger partial charge in [-0.3, -0.25) is 4.79 Å². The van der Waals surface area contributed by atoms with Gasteiger partial charge >= 0.3 is 5.63 Å². The summed E-state index contributed by atoms with van der Waals surface area (Å²) in [6.45, 7) is 4.19. The van der Waals surface area contributed by atoms with Crippen molar-refractivity contribution in [3.63, 3.8) is 0 Å². The first-order valence-corrected chi connectivity index (χ1v) is 9.14. The molecule has 6 nitrogen and oxygen atoms in total. The summed E-state index contributed by atoms with van der Waals surface area (Å²) in [5.41, 5.74) is 2.39. The molecule has 26 heavy (non-hydrogen) atoms. The van der Waals surface area contributed by atoms with Gasteiger partial charge in [0.15, 0.2) is 0 Å². The molecular weight excluding hydrogens is 352 g/mol. The van der Waals surface area contributed by atoms with Gasteiger partial charge in [0.25, 0.3) is 0 Å². The van der Waals surface area contributed by atoms with Crippen LogP contribution in [-0.4, -0.2) is 18.0 Å². The van der Waals surface area contributed by atoms with E-state index < -0.39 is 5.63 Å². The van der Waals surface area contributed by atoms with Crippen molar-refractivity contribution in [2.24, 2.45) is 0 Å². The average molecular weight is 372 g/mol. The molecule has 0 unspecified atom stereocenters. The molecular formula is C19H20N2O4S. The minimum Gasteiger partial charge on any atom is -0.497 e. The van der Waals surface area contributed by atoms with Crippen LogP contribution >= 0.6 is 11.3 Å². The Morgan fingerprint density at radius 2 is 2.15 bits per heavy atom. The van der Waals surface area contributed by atoms with Crippen LogP contribution in [0.2, 0.25) is 0 Å². The second kappa shape index (κ2) is 7.70. The number of amides is 1. The number of thiazole rings is 1. The summed E-state index contributed by atoms with van der Waals surface area (Å²) in [7, 11) is 1.56. The van der Waals surface area contributed by atoms with Crippen LogP contribution in [0.5, 0.6) is 5.75 Å². The molecule has 2 heterocycles. The Balaban J connectivity index is 1.70. The van der Waals surface area contributed by atoms with Crippen molar-refractivity contribution in [1.29, 1.82) is 0 Å². The molecule has 0 fully saturated rings. The molecule has 7 heteroatoms. The molecule has 0 atom stereocenters.